The molecule has 0 aliphatic rings. The molecule has 3 nitrogen and oxygen atoms in total. The molecule has 0 saturated carbocycles. The number of halogens is 1. The molecule has 0 fully saturated rings. The number of imidazole rings is 1. The molecule has 1 aromatic heterocycles. The molecule has 0 bridgehead atoms. The summed E-state index contributed by atoms with van der Waals surface area (Å²) < 4.78 is 3.25. The zero-order chi connectivity index (χ0) is 13.8. The molecule has 0 unspecified atom stereocenters. The summed E-state index contributed by atoms with van der Waals surface area (Å²) in [5.74, 6) is 0.923. The third-order valence-corrected chi connectivity index (χ3v) is 4.00. The van der Waals surface area contributed by atoms with Crippen LogP contribution in [-0.2, 0) is 0 Å². The number of unbranched alkanes of at least 4 members (excludes halogenated alkanes) is 1. The first-order valence-electron chi connectivity index (χ1n) is 6.68. The number of rotatable bonds is 5. The van der Waals surface area contributed by atoms with Gasteiger partial charge in [-0.2, -0.15) is 0 Å². The molecule has 0 aliphatic carbocycles. The Morgan fingerprint density at radius 2 is 2.11 bits per heavy atom. The van der Waals surface area contributed by atoms with Gasteiger partial charge in [0.25, 0.3) is 0 Å². The summed E-state index contributed by atoms with van der Waals surface area (Å²) in [6.07, 6.45) is 4.41. The number of hydrogen-bond acceptors (Lipinski definition) is 2. The highest BCUT2D eigenvalue weighted by molar-refractivity contribution is 9.10. The smallest absolute Gasteiger partial charge is 0.207 e. The summed E-state index contributed by atoms with van der Waals surface area (Å²) in [6, 6.07) is 6.23. The number of aromatic nitrogens is 2. The topological polar surface area (TPSA) is 29.9 Å². The maximum Gasteiger partial charge on any atom is 0.207 e. The van der Waals surface area contributed by atoms with Gasteiger partial charge in [-0.1, -0.05) is 35.3 Å². The van der Waals surface area contributed by atoms with Crippen molar-refractivity contribution < 1.29 is 0 Å². The van der Waals surface area contributed by atoms with Gasteiger partial charge in [0.05, 0.1) is 11.4 Å². The Hall–Kier alpha value is -1.29. The fourth-order valence-corrected chi connectivity index (χ4v) is 2.40. The molecule has 4 heteroatoms. The third-order valence-electron chi connectivity index (χ3n) is 3.14. The Labute approximate surface area is 123 Å². The standard InChI is InChI=1S/C15H20BrN3/c1-4-5-9-17-15-18-11(2)10-19(15)14-8-6-7-13(16)12(14)3/h6-8,10H,4-5,9H2,1-3H3,(H,17,18). The summed E-state index contributed by atoms with van der Waals surface area (Å²) in [5, 5.41) is 3.42. The van der Waals surface area contributed by atoms with Crippen LogP contribution in [0, 0.1) is 13.8 Å². The Bertz CT molecular complexity index is 561. The molecule has 0 aliphatic heterocycles. The van der Waals surface area contributed by atoms with Crippen molar-refractivity contribution in [3.05, 3.63) is 40.1 Å². The lowest BCUT2D eigenvalue weighted by Crippen LogP contribution is -2.08. The van der Waals surface area contributed by atoms with Crippen LogP contribution in [0.1, 0.15) is 31.0 Å². The van der Waals surface area contributed by atoms with Crippen LogP contribution >= 0.6 is 15.9 Å². The molecule has 1 aromatic carbocycles. The number of anilines is 1. The van der Waals surface area contributed by atoms with E-state index in [0.29, 0.717) is 0 Å². The van der Waals surface area contributed by atoms with Crippen molar-refractivity contribution in [2.75, 3.05) is 11.9 Å². The van der Waals surface area contributed by atoms with Crippen LogP contribution in [-0.4, -0.2) is 16.1 Å². The van der Waals surface area contributed by atoms with Crippen molar-refractivity contribution in [1.82, 2.24) is 9.55 Å². The highest BCUT2D eigenvalue weighted by atomic mass is 79.9. The van der Waals surface area contributed by atoms with Crippen molar-refractivity contribution >= 4 is 21.9 Å². The molecule has 1 heterocycles. The molecule has 0 spiro atoms. The van der Waals surface area contributed by atoms with E-state index in [1.165, 1.54) is 12.0 Å². The van der Waals surface area contributed by atoms with Gasteiger partial charge in [0.1, 0.15) is 0 Å². The maximum atomic E-state index is 4.57. The molecule has 0 radical (unpaired) electrons. The van der Waals surface area contributed by atoms with E-state index in [4.69, 9.17) is 0 Å². The second-order valence-corrected chi connectivity index (χ2v) is 5.59. The van der Waals surface area contributed by atoms with Gasteiger partial charge >= 0.3 is 0 Å². The molecule has 0 saturated heterocycles. The Morgan fingerprint density at radius 3 is 2.84 bits per heavy atom. The van der Waals surface area contributed by atoms with E-state index in [1.54, 1.807) is 0 Å². The lowest BCUT2D eigenvalue weighted by atomic mass is 10.2. The second kappa shape index (κ2) is 6.24. The SMILES string of the molecule is CCCCNc1nc(C)cn1-c1cccc(Br)c1C. The van der Waals surface area contributed by atoms with Crippen LogP contribution in [0.4, 0.5) is 5.95 Å². The van der Waals surface area contributed by atoms with E-state index in [0.717, 1.165) is 34.8 Å². The van der Waals surface area contributed by atoms with Gasteiger partial charge in [0.2, 0.25) is 5.95 Å². The predicted octanol–water partition coefficient (Wildman–Crippen LogP) is 4.46. The number of nitrogens with zero attached hydrogens (tertiary/aromatic N) is 2. The fourth-order valence-electron chi connectivity index (χ4n) is 2.04. The van der Waals surface area contributed by atoms with Crippen LogP contribution in [0.25, 0.3) is 5.69 Å². The third kappa shape index (κ3) is 3.18. The van der Waals surface area contributed by atoms with Gasteiger partial charge in [0.15, 0.2) is 0 Å². The molecule has 102 valence electrons. The van der Waals surface area contributed by atoms with Gasteiger partial charge in [-0.15, -0.1) is 0 Å². The average molecular weight is 322 g/mol. The summed E-state index contributed by atoms with van der Waals surface area (Å²) in [5.41, 5.74) is 3.41. The molecule has 19 heavy (non-hydrogen) atoms. The van der Waals surface area contributed by atoms with E-state index < -0.39 is 0 Å². The predicted molar refractivity (Wildman–Crippen MR) is 84.1 cm³/mol. The lowest BCUT2D eigenvalue weighted by molar-refractivity contribution is 0.822. The van der Waals surface area contributed by atoms with Gasteiger partial charge in [0, 0.05) is 17.2 Å². The van der Waals surface area contributed by atoms with E-state index in [1.807, 2.05) is 6.92 Å². The number of aryl methyl sites for hydroxylation is 1. The fraction of sp³-hybridized carbons (Fsp3) is 0.400. The van der Waals surface area contributed by atoms with Crippen LogP contribution in [0.3, 0.4) is 0 Å². The van der Waals surface area contributed by atoms with Crippen LogP contribution in [0.2, 0.25) is 0 Å². The minimum absolute atomic E-state index is 0.923. The van der Waals surface area contributed by atoms with E-state index in [9.17, 15) is 0 Å². The monoisotopic (exact) mass is 321 g/mol. The van der Waals surface area contributed by atoms with Crippen molar-refractivity contribution in [3.63, 3.8) is 0 Å². The largest absolute Gasteiger partial charge is 0.355 e. The van der Waals surface area contributed by atoms with E-state index in [2.05, 4.69) is 69.0 Å². The molecular weight excluding hydrogens is 302 g/mol. The first-order valence-corrected chi connectivity index (χ1v) is 7.48. The summed E-state index contributed by atoms with van der Waals surface area (Å²) in [6.45, 7) is 7.29. The first-order chi connectivity index (χ1) is 9.13. The molecule has 0 amide bonds. The minimum atomic E-state index is 0.923. The van der Waals surface area contributed by atoms with Gasteiger partial charge < -0.3 is 5.32 Å². The Morgan fingerprint density at radius 1 is 1.32 bits per heavy atom. The zero-order valence-electron chi connectivity index (χ0n) is 11.7. The van der Waals surface area contributed by atoms with Crippen molar-refractivity contribution in [2.45, 2.75) is 33.6 Å². The second-order valence-electron chi connectivity index (χ2n) is 4.74. The number of benzene rings is 1. The van der Waals surface area contributed by atoms with Gasteiger partial charge in [-0.25, -0.2) is 4.98 Å². The summed E-state index contributed by atoms with van der Waals surface area (Å²) in [7, 11) is 0. The zero-order valence-corrected chi connectivity index (χ0v) is 13.3. The molecule has 0 atom stereocenters. The van der Waals surface area contributed by atoms with Crippen molar-refractivity contribution in [2.24, 2.45) is 0 Å². The molecule has 1 N–H and O–H groups in total. The quantitative estimate of drug-likeness (QED) is 0.824. The van der Waals surface area contributed by atoms with E-state index >= 15 is 0 Å². The highest BCUT2D eigenvalue weighted by Crippen LogP contribution is 2.25. The maximum absolute atomic E-state index is 4.57. The number of hydrogen-bond donors (Lipinski definition) is 1. The minimum Gasteiger partial charge on any atom is -0.355 e. The van der Waals surface area contributed by atoms with Gasteiger partial charge in [-0.05, 0) is 38.0 Å². The number of nitrogens with one attached hydrogen (secondary N) is 1. The van der Waals surface area contributed by atoms with Crippen molar-refractivity contribution in [1.29, 1.82) is 0 Å². The molecular formula is C15H20BrN3. The van der Waals surface area contributed by atoms with Crippen LogP contribution < -0.4 is 5.32 Å². The Balaban J connectivity index is 2.35. The van der Waals surface area contributed by atoms with E-state index in [-0.39, 0.29) is 0 Å². The molecule has 2 aromatic rings. The first kappa shape index (κ1) is 14.1. The highest BCUT2D eigenvalue weighted by Gasteiger charge is 2.10. The lowest BCUT2D eigenvalue weighted by Gasteiger charge is -2.12. The Kier molecular flexibility index (Phi) is 4.64. The van der Waals surface area contributed by atoms with Crippen LogP contribution in [0.5, 0.6) is 0 Å². The summed E-state index contributed by atoms with van der Waals surface area (Å²) >= 11 is 3.58. The average Bonchev–Trinajstić information content (AvgIpc) is 2.74. The van der Waals surface area contributed by atoms with Crippen LogP contribution in [0.15, 0.2) is 28.9 Å². The normalized spacial score (nSPS) is 10.7. The molecule has 2 rings (SSSR count). The van der Waals surface area contributed by atoms with Crippen molar-refractivity contribution in [3.8, 4) is 5.69 Å². The van der Waals surface area contributed by atoms with Gasteiger partial charge in [-0.3, -0.25) is 4.57 Å². The summed E-state index contributed by atoms with van der Waals surface area (Å²) in [4.78, 5) is 4.57.